The van der Waals surface area contributed by atoms with E-state index in [0.717, 1.165) is 5.56 Å². The summed E-state index contributed by atoms with van der Waals surface area (Å²) in [7, 11) is 0. The standard InChI is InChI=1S/C15H20N2O4/c1-9(2)13(15(21)16-8-12(18)19)17-14(20)11-7-5-4-6-10(11)3/h4-7,9,13H,8H2,1-3H3,(H,16,21)(H,17,20)(H,18,19). The fourth-order valence-corrected chi connectivity index (χ4v) is 1.85. The molecule has 114 valence electrons. The lowest BCUT2D eigenvalue weighted by atomic mass is 10.0. The molecule has 0 fully saturated rings. The molecule has 0 aromatic heterocycles. The Morgan fingerprint density at radius 3 is 2.33 bits per heavy atom. The van der Waals surface area contributed by atoms with Crippen molar-refractivity contribution in [1.29, 1.82) is 0 Å². The molecule has 0 saturated heterocycles. The van der Waals surface area contributed by atoms with Crippen LogP contribution in [-0.4, -0.2) is 35.5 Å². The summed E-state index contributed by atoms with van der Waals surface area (Å²) in [5, 5.41) is 13.5. The molecule has 1 aromatic rings. The van der Waals surface area contributed by atoms with Crippen LogP contribution in [-0.2, 0) is 9.59 Å². The molecule has 0 bridgehead atoms. The molecule has 0 radical (unpaired) electrons. The third-order valence-electron chi connectivity index (χ3n) is 3.04. The molecule has 21 heavy (non-hydrogen) atoms. The average molecular weight is 292 g/mol. The lowest BCUT2D eigenvalue weighted by Crippen LogP contribution is -2.50. The second kappa shape index (κ2) is 7.42. The molecule has 0 heterocycles. The number of hydrogen-bond donors (Lipinski definition) is 3. The summed E-state index contributed by atoms with van der Waals surface area (Å²) in [4.78, 5) is 34.6. The summed E-state index contributed by atoms with van der Waals surface area (Å²) in [6.07, 6.45) is 0. The quantitative estimate of drug-likeness (QED) is 0.727. The van der Waals surface area contributed by atoms with Crippen molar-refractivity contribution in [3.8, 4) is 0 Å². The first-order valence-electron chi connectivity index (χ1n) is 6.69. The van der Waals surface area contributed by atoms with Crippen molar-refractivity contribution in [2.75, 3.05) is 6.54 Å². The molecular formula is C15H20N2O4. The molecule has 0 aliphatic heterocycles. The van der Waals surface area contributed by atoms with E-state index in [-0.39, 0.29) is 11.8 Å². The number of amides is 2. The molecule has 6 nitrogen and oxygen atoms in total. The van der Waals surface area contributed by atoms with Crippen molar-refractivity contribution in [2.24, 2.45) is 5.92 Å². The Morgan fingerprint density at radius 1 is 1.19 bits per heavy atom. The van der Waals surface area contributed by atoms with Gasteiger partial charge in [-0.1, -0.05) is 32.0 Å². The lowest BCUT2D eigenvalue weighted by Gasteiger charge is -2.21. The van der Waals surface area contributed by atoms with Crippen molar-refractivity contribution in [3.05, 3.63) is 35.4 Å². The van der Waals surface area contributed by atoms with Crippen LogP contribution in [0.3, 0.4) is 0 Å². The van der Waals surface area contributed by atoms with Crippen LogP contribution in [0.25, 0.3) is 0 Å². The van der Waals surface area contributed by atoms with E-state index >= 15 is 0 Å². The van der Waals surface area contributed by atoms with E-state index in [0.29, 0.717) is 5.56 Å². The maximum absolute atomic E-state index is 12.2. The molecule has 1 unspecified atom stereocenters. The number of aryl methyl sites for hydroxylation is 1. The van der Waals surface area contributed by atoms with E-state index in [2.05, 4.69) is 10.6 Å². The van der Waals surface area contributed by atoms with E-state index in [1.165, 1.54) is 0 Å². The first kappa shape index (κ1) is 16.7. The van der Waals surface area contributed by atoms with E-state index in [1.54, 1.807) is 26.0 Å². The van der Waals surface area contributed by atoms with Crippen LogP contribution < -0.4 is 10.6 Å². The number of carbonyl (C=O) groups excluding carboxylic acids is 2. The van der Waals surface area contributed by atoms with Crippen LogP contribution in [0.5, 0.6) is 0 Å². The zero-order valence-corrected chi connectivity index (χ0v) is 12.3. The van der Waals surface area contributed by atoms with Crippen LogP contribution in [0.15, 0.2) is 24.3 Å². The van der Waals surface area contributed by atoms with Gasteiger partial charge in [-0.2, -0.15) is 0 Å². The number of rotatable bonds is 6. The number of carbonyl (C=O) groups is 3. The third-order valence-corrected chi connectivity index (χ3v) is 3.04. The lowest BCUT2D eigenvalue weighted by molar-refractivity contribution is -0.138. The molecule has 1 rings (SSSR count). The predicted octanol–water partition coefficient (Wildman–Crippen LogP) is 0.950. The van der Waals surface area contributed by atoms with Gasteiger partial charge in [-0.3, -0.25) is 14.4 Å². The minimum atomic E-state index is -1.13. The summed E-state index contributed by atoms with van der Waals surface area (Å²) in [6.45, 7) is 4.90. The Labute approximate surface area is 123 Å². The number of carboxylic acids is 1. The topological polar surface area (TPSA) is 95.5 Å². The monoisotopic (exact) mass is 292 g/mol. The molecule has 0 spiro atoms. The molecule has 6 heteroatoms. The smallest absolute Gasteiger partial charge is 0.322 e. The van der Waals surface area contributed by atoms with Crippen LogP contribution in [0, 0.1) is 12.8 Å². The van der Waals surface area contributed by atoms with Gasteiger partial charge in [0, 0.05) is 5.56 Å². The van der Waals surface area contributed by atoms with Crippen LogP contribution >= 0.6 is 0 Å². The predicted molar refractivity (Wildman–Crippen MR) is 77.9 cm³/mol. The Kier molecular flexibility index (Phi) is 5.90. The van der Waals surface area contributed by atoms with Gasteiger partial charge < -0.3 is 15.7 Å². The molecule has 1 atom stereocenters. The van der Waals surface area contributed by atoms with Crippen LogP contribution in [0.2, 0.25) is 0 Å². The highest BCUT2D eigenvalue weighted by Gasteiger charge is 2.25. The summed E-state index contributed by atoms with van der Waals surface area (Å²) >= 11 is 0. The number of nitrogens with one attached hydrogen (secondary N) is 2. The number of carboxylic acid groups (broad SMARTS) is 1. The highest BCUT2D eigenvalue weighted by molar-refractivity contribution is 5.99. The maximum atomic E-state index is 12.2. The Hall–Kier alpha value is -2.37. The van der Waals surface area contributed by atoms with Crippen molar-refractivity contribution < 1.29 is 19.5 Å². The van der Waals surface area contributed by atoms with Crippen molar-refractivity contribution in [3.63, 3.8) is 0 Å². The van der Waals surface area contributed by atoms with Gasteiger partial charge in [-0.15, -0.1) is 0 Å². The van der Waals surface area contributed by atoms with Crippen molar-refractivity contribution in [1.82, 2.24) is 10.6 Å². The fourth-order valence-electron chi connectivity index (χ4n) is 1.85. The van der Waals surface area contributed by atoms with Gasteiger partial charge in [0.25, 0.3) is 5.91 Å². The summed E-state index contributed by atoms with van der Waals surface area (Å²) in [5.41, 5.74) is 1.30. The zero-order chi connectivity index (χ0) is 16.0. The normalized spacial score (nSPS) is 11.8. The molecule has 1 aromatic carbocycles. The number of benzene rings is 1. The summed E-state index contributed by atoms with van der Waals surface area (Å²) < 4.78 is 0. The van der Waals surface area contributed by atoms with Gasteiger partial charge in [0.2, 0.25) is 5.91 Å². The second-order valence-electron chi connectivity index (χ2n) is 5.12. The summed E-state index contributed by atoms with van der Waals surface area (Å²) in [6, 6.07) is 6.28. The second-order valence-corrected chi connectivity index (χ2v) is 5.12. The molecule has 3 N–H and O–H groups in total. The molecule has 0 saturated carbocycles. The van der Waals surface area contributed by atoms with Gasteiger partial charge in [-0.05, 0) is 24.5 Å². The number of aliphatic carboxylic acids is 1. The van der Waals surface area contributed by atoms with Crippen LogP contribution in [0.1, 0.15) is 29.8 Å². The van der Waals surface area contributed by atoms with E-state index < -0.39 is 24.5 Å². The molecular weight excluding hydrogens is 272 g/mol. The molecule has 0 aliphatic carbocycles. The van der Waals surface area contributed by atoms with Gasteiger partial charge >= 0.3 is 5.97 Å². The van der Waals surface area contributed by atoms with Crippen molar-refractivity contribution in [2.45, 2.75) is 26.8 Å². The van der Waals surface area contributed by atoms with E-state index in [4.69, 9.17) is 5.11 Å². The van der Waals surface area contributed by atoms with E-state index in [9.17, 15) is 14.4 Å². The minimum absolute atomic E-state index is 0.160. The average Bonchev–Trinajstić information content (AvgIpc) is 2.42. The largest absolute Gasteiger partial charge is 0.480 e. The van der Waals surface area contributed by atoms with Gasteiger partial charge in [0.05, 0.1) is 0 Å². The third kappa shape index (κ3) is 4.91. The molecule has 2 amide bonds. The summed E-state index contributed by atoms with van der Waals surface area (Å²) in [5.74, 6) is -2.14. The maximum Gasteiger partial charge on any atom is 0.322 e. The molecule has 0 aliphatic rings. The number of hydrogen-bond acceptors (Lipinski definition) is 3. The minimum Gasteiger partial charge on any atom is -0.480 e. The Bertz CT molecular complexity index is 540. The SMILES string of the molecule is Cc1ccccc1C(=O)NC(C(=O)NCC(=O)O)C(C)C. The Morgan fingerprint density at radius 2 is 1.81 bits per heavy atom. The van der Waals surface area contributed by atoms with Crippen LogP contribution in [0.4, 0.5) is 0 Å². The Balaban J connectivity index is 2.79. The first-order valence-corrected chi connectivity index (χ1v) is 6.69. The van der Waals surface area contributed by atoms with Gasteiger partial charge in [0.1, 0.15) is 12.6 Å². The highest BCUT2D eigenvalue weighted by atomic mass is 16.4. The first-order chi connectivity index (χ1) is 9.82. The fraction of sp³-hybridized carbons (Fsp3) is 0.400. The van der Waals surface area contributed by atoms with Gasteiger partial charge in [0.15, 0.2) is 0 Å². The van der Waals surface area contributed by atoms with Crippen molar-refractivity contribution >= 4 is 17.8 Å². The highest BCUT2D eigenvalue weighted by Crippen LogP contribution is 2.09. The zero-order valence-electron chi connectivity index (χ0n) is 12.3. The van der Waals surface area contributed by atoms with E-state index in [1.807, 2.05) is 19.1 Å². The van der Waals surface area contributed by atoms with Gasteiger partial charge in [-0.25, -0.2) is 0 Å².